The Kier molecular flexibility index (Phi) is 4.78. The number of carbonyl (C=O) groups is 2. The SMILES string of the molecule is Cc1ccc(-c2nnn(CC(=O)N3CC(C(=O)O)CCC3C)n2)cc1. The van der Waals surface area contributed by atoms with Gasteiger partial charge in [-0.3, -0.25) is 9.59 Å². The van der Waals surface area contributed by atoms with Crippen LogP contribution in [-0.2, 0) is 16.1 Å². The first-order chi connectivity index (χ1) is 11.9. The van der Waals surface area contributed by atoms with Gasteiger partial charge in [-0.15, -0.1) is 10.2 Å². The van der Waals surface area contributed by atoms with E-state index in [0.717, 1.165) is 11.1 Å². The second kappa shape index (κ2) is 7.00. The smallest absolute Gasteiger partial charge is 0.308 e. The van der Waals surface area contributed by atoms with Crippen LogP contribution in [0.4, 0.5) is 0 Å². The third kappa shape index (κ3) is 3.84. The number of aliphatic carboxylic acids is 1. The summed E-state index contributed by atoms with van der Waals surface area (Å²) in [6.45, 7) is 4.11. The van der Waals surface area contributed by atoms with Crippen molar-refractivity contribution in [1.29, 1.82) is 0 Å². The third-order valence-electron chi connectivity index (χ3n) is 4.59. The second-order valence-electron chi connectivity index (χ2n) is 6.52. The Morgan fingerprint density at radius 1 is 1.24 bits per heavy atom. The number of carboxylic acids is 1. The maximum absolute atomic E-state index is 12.5. The number of amides is 1. The van der Waals surface area contributed by atoms with Crippen molar-refractivity contribution in [3.8, 4) is 11.4 Å². The van der Waals surface area contributed by atoms with Crippen LogP contribution in [0.1, 0.15) is 25.3 Å². The van der Waals surface area contributed by atoms with Crippen molar-refractivity contribution >= 4 is 11.9 Å². The summed E-state index contributed by atoms with van der Waals surface area (Å²) in [5.41, 5.74) is 1.97. The number of aryl methyl sites for hydroxylation is 1. The van der Waals surface area contributed by atoms with E-state index in [9.17, 15) is 14.7 Å². The monoisotopic (exact) mass is 343 g/mol. The van der Waals surface area contributed by atoms with Crippen LogP contribution in [0, 0.1) is 12.8 Å². The average Bonchev–Trinajstić information content (AvgIpc) is 3.04. The number of hydrogen-bond donors (Lipinski definition) is 1. The van der Waals surface area contributed by atoms with Crippen molar-refractivity contribution in [2.45, 2.75) is 39.3 Å². The molecule has 1 N–H and O–H groups in total. The number of hydrogen-bond acceptors (Lipinski definition) is 5. The highest BCUT2D eigenvalue weighted by Crippen LogP contribution is 2.22. The lowest BCUT2D eigenvalue weighted by Gasteiger charge is -2.36. The predicted molar refractivity (Wildman–Crippen MR) is 89.5 cm³/mol. The largest absolute Gasteiger partial charge is 0.481 e. The van der Waals surface area contributed by atoms with Gasteiger partial charge in [0.25, 0.3) is 0 Å². The highest BCUT2D eigenvalue weighted by molar-refractivity contribution is 5.78. The summed E-state index contributed by atoms with van der Waals surface area (Å²) < 4.78 is 0. The summed E-state index contributed by atoms with van der Waals surface area (Å²) in [5.74, 6) is -1.09. The molecular weight excluding hydrogens is 322 g/mol. The molecule has 1 saturated heterocycles. The van der Waals surface area contributed by atoms with Gasteiger partial charge in [-0.2, -0.15) is 4.80 Å². The zero-order valence-corrected chi connectivity index (χ0v) is 14.3. The Morgan fingerprint density at radius 2 is 1.96 bits per heavy atom. The van der Waals surface area contributed by atoms with Crippen molar-refractivity contribution in [3.05, 3.63) is 29.8 Å². The average molecular weight is 343 g/mol. The fourth-order valence-electron chi connectivity index (χ4n) is 3.00. The molecule has 1 amide bonds. The first kappa shape index (κ1) is 17.1. The Labute approximate surface area is 145 Å². The van der Waals surface area contributed by atoms with Crippen LogP contribution < -0.4 is 0 Å². The molecule has 1 aromatic heterocycles. The van der Waals surface area contributed by atoms with Crippen molar-refractivity contribution in [2.75, 3.05) is 6.54 Å². The van der Waals surface area contributed by atoms with Crippen LogP contribution in [0.3, 0.4) is 0 Å². The lowest BCUT2D eigenvalue weighted by atomic mass is 9.93. The number of nitrogens with zero attached hydrogens (tertiary/aromatic N) is 5. The second-order valence-corrected chi connectivity index (χ2v) is 6.52. The van der Waals surface area contributed by atoms with E-state index < -0.39 is 11.9 Å². The molecule has 0 bridgehead atoms. The van der Waals surface area contributed by atoms with Crippen LogP contribution in [-0.4, -0.2) is 54.7 Å². The van der Waals surface area contributed by atoms with E-state index >= 15 is 0 Å². The maximum Gasteiger partial charge on any atom is 0.308 e. The number of carboxylic acid groups (broad SMARTS) is 1. The van der Waals surface area contributed by atoms with Gasteiger partial charge in [-0.1, -0.05) is 29.8 Å². The minimum atomic E-state index is -0.856. The molecule has 1 aromatic carbocycles. The fourth-order valence-corrected chi connectivity index (χ4v) is 3.00. The molecule has 2 heterocycles. The molecule has 25 heavy (non-hydrogen) atoms. The standard InChI is InChI=1S/C17H21N5O3/c1-11-3-6-13(7-4-11)16-18-20-22(19-16)10-15(23)21-9-14(17(24)25)8-5-12(21)2/h3-4,6-7,12,14H,5,8-10H2,1-2H3,(H,24,25). The van der Waals surface area contributed by atoms with Gasteiger partial charge < -0.3 is 10.0 Å². The Morgan fingerprint density at radius 3 is 2.64 bits per heavy atom. The van der Waals surface area contributed by atoms with Crippen LogP contribution in [0.25, 0.3) is 11.4 Å². The number of carbonyl (C=O) groups excluding carboxylic acids is 1. The summed E-state index contributed by atoms with van der Waals surface area (Å²) in [7, 11) is 0. The molecule has 0 spiro atoms. The minimum Gasteiger partial charge on any atom is -0.481 e. The first-order valence-corrected chi connectivity index (χ1v) is 8.31. The molecule has 1 aliphatic rings. The van der Waals surface area contributed by atoms with Crippen LogP contribution >= 0.6 is 0 Å². The number of rotatable bonds is 4. The molecule has 0 aliphatic carbocycles. The van der Waals surface area contributed by atoms with Crippen molar-refractivity contribution in [2.24, 2.45) is 5.92 Å². The Bertz CT molecular complexity index is 771. The van der Waals surface area contributed by atoms with Gasteiger partial charge >= 0.3 is 5.97 Å². The lowest BCUT2D eigenvalue weighted by molar-refractivity contribution is -0.147. The summed E-state index contributed by atoms with van der Waals surface area (Å²) >= 11 is 0. The summed E-state index contributed by atoms with van der Waals surface area (Å²) in [5, 5.41) is 21.4. The highest BCUT2D eigenvalue weighted by Gasteiger charge is 2.32. The summed E-state index contributed by atoms with van der Waals surface area (Å²) in [6, 6.07) is 7.75. The molecular formula is C17H21N5O3. The van der Waals surface area contributed by atoms with E-state index in [1.807, 2.05) is 38.1 Å². The van der Waals surface area contributed by atoms with Gasteiger partial charge in [0.05, 0.1) is 5.92 Å². The summed E-state index contributed by atoms with van der Waals surface area (Å²) in [6.07, 6.45) is 1.28. The van der Waals surface area contributed by atoms with Gasteiger partial charge in [0.2, 0.25) is 11.7 Å². The fraction of sp³-hybridized carbons (Fsp3) is 0.471. The molecule has 3 rings (SSSR count). The number of aromatic nitrogens is 4. The van der Waals surface area contributed by atoms with E-state index in [1.165, 1.54) is 4.80 Å². The zero-order valence-electron chi connectivity index (χ0n) is 14.3. The quantitative estimate of drug-likeness (QED) is 0.899. The van der Waals surface area contributed by atoms with Gasteiger partial charge in [-0.05, 0) is 31.9 Å². The van der Waals surface area contributed by atoms with E-state index in [4.69, 9.17) is 0 Å². The van der Waals surface area contributed by atoms with Gasteiger partial charge in [0.1, 0.15) is 6.54 Å². The van der Waals surface area contributed by atoms with Crippen molar-refractivity contribution in [1.82, 2.24) is 25.1 Å². The Hall–Kier alpha value is -2.77. The first-order valence-electron chi connectivity index (χ1n) is 8.31. The predicted octanol–water partition coefficient (Wildman–Crippen LogP) is 1.36. The van der Waals surface area contributed by atoms with Gasteiger partial charge in [0.15, 0.2) is 0 Å². The van der Waals surface area contributed by atoms with E-state index in [1.54, 1.807) is 4.90 Å². The number of likely N-dealkylation sites (tertiary alicyclic amines) is 1. The Balaban J connectivity index is 1.68. The van der Waals surface area contributed by atoms with E-state index in [2.05, 4.69) is 15.4 Å². The van der Waals surface area contributed by atoms with Gasteiger partial charge in [0, 0.05) is 18.2 Å². The molecule has 1 fully saturated rings. The van der Waals surface area contributed by atoms with E-state index in [-0.39, 0.29) is 25.0 Å². The molecule has 1 aliphatic heterocycles. The lowest BCUT2D eigenvalue weighted by Crippen LogP contribution is -2.48. The molecule has 2 unspecified atom stereocenters. The van der Waals surface area contributed by atoms with Crippen molar-refractivity contribution in [3.63, 3.8) is 0 Å². The molecule has 132 valence electrons. The molecule has 0 saturated carbocycles. The van der Waals surface area contributed by atoms with Crippen LogP contribution in [0.2, 0.25) is 0 Å². The van der Waals surface area contributed by atoms with E-state index in [0.29, 0.717) is 18.7 Å². The molecule has 2 aromatic rings. The normalized spacial score (nSPS) is 20.5. The van der Waals surface area contributed by atoms with Gasteiger partial charge in [-0.25, -0.2) is 0 Å². The molecule has 2 atom stereocenters. The number of tetrazole rings is 1. The topological polar surface area (TPSA) is 101 Å². The van der Waals surface area contributed by atoms with Crippen LogP contribution in [0.5, 0.6) is 0 Å². The third-order valence-corrected chi connectivity index (χ3v) is 4.59. The zero-order chi connectivity index (χ0) is 18.0. The van der Waals surface area contributed by atoms with Crippen molar-refractivity contribution < 1.29 is 14.7 Å². The maximum atomic E-state index is 12.5. The molecule has 0 radical (unpaired) electrons. The molecule has 8 nitrogen and oxygen atoms in total. The number of piperidine rings is 1. The number of benzene rings is 1. The highest BCUT2D eigenvalue weighted by atomic mass is 16.4. The van der Waals surface area contributed by atoms with Crippen LogP contribution in [0.15, 0.2) is 24.3 Å². The summed E-state index contributed by atoms with van der Waals surface area (Å²) in [4.78, 5) is 26.6. The minimum absolute atomic E-state index is 0.0168. The molecule has 8 heteroatoms.